The van der Waals surface area contributed by atoms with Crippen molar-refractivity contribution >= 4 is 5.69 Å². The van der Waals surface area contributed by atoms with E-state index in [2.05, 4.69) is 9.97 Å². The maximum atomic E-state index is 11.0. The van der Waals surface area contributed by atoms with Crippen LogP contribution in [-0.4, -0.2) is 14.9 Å². The molecule has 1 aromatic heterocycles. The molecule has 1 N–H and O–H groups in total. The average molecular weight is 265 g/mol. The van der Waals surface area contributed by atoms with E-state index >= 15 is 0 Å². The largest absolute Gasteiger partial charge is 0.344 e. The highest BCUT2D eigenvalue weighted by atomic mass is 16.6. The van der Waals surface area contributed by atoms with E-state index in [1.165, 1.54) is 6.07 Å². The SMILES string of the molecule is O=[N+]([O-])c1ccccc1-c1nc(-c2ccccc2)c[nH]1. The molecule has 5 nitrogen and oxygen atoms in total. The van der Waals surface area contributed by atoms with Crippen LogP contribution in [0.4, 0.5) is 5.69 Å². The molecule has 0 unspecified atom stereocenters. The highest BCUT2D eigenvalue weighted by Gasteiger charge is 2.16. The van der Waals surface area contributed by atoms with Crippen LogP contribution in [0.15, 0.2) is 60.8 Å². The summed E-state index contributed by atoms with van der Waals surface area (Å²) in [7, 11) is 0. The highest BCUT2D eigenvalue weighted by Crippen LogP contribution is 2.28. The first kappa shape index (κ1) is 12.1. The number of para-hydroxylation sites is 1. The van der Waals surface area contributed by atoms with Gasteiger partial charge in [-0.25, -0.2) is 4.98 Å². The Bertz CT molecular complexity index is 751. The summed E-state index contributed by atoms with van der Waals surface area (Å²) in [5.41, 5.74) is 2.26. The van der Waals surface area contributed by atoms with Crippen molar-refractivity contribution in [3.63, 3.8) is 0 Å². The third kappa shape index (κ3) is 2.16. The first-order valence-electron chi connectivity index (χ1n) is 6.10. The summed E-state index contributed by atoms with van der Waals surface area (Å²) in [4.78, 5) is 18.1. The zero-order chi connectivity index (χ0) is 13.9. The number of rotatable bonds is 3. The summed E-state index contributed by atoms with van der Waals surface area (Å²) >= 11 is 0. The minimum absolute atomic E-state index is 0.0430. The van der Waals surface area contributed by atoms with E-state index in [0.29, 0.717) is 11.4 Å². The predicted octanol–water partition coefficient (Wildman–Crippen LogP) is 3.65. The van der Waals surface area contributed by atoms with Gasteiger partial charge in [0.1, 0.15) is 5.82 Å². The van der Waals surface area contributed by atoms with Gasteiger partial charge < -0.3 is 4.98 Å². The highest BCUT2D eigenvalue weighted by molar-refractivity contribution is 5.70. The van der Waals surface area contributed by atoms with Gasteiger partial charge in [-0.15, -0.1) is 0 Å². The average Bonchev–Trinajstić information content (AvgIpc) is 2.98. The van der Waals surface area contributed by atoms with Crippen molar-refractivity contribution in [2.45, 2.75) is 0 Å². The standard InChI is InChI=1S/C15H11N3O2/c19-18(20)14-9-5-4-8-12(14)15-16-10-13(17-15)11-6-2-1-3-7-11/h1-10H,(H,16,17). The molecule has 0 bridgehead atoms. The Kier molecular flexibility index (Phi) is 3.01. The number of nitro benzene ring substituents is 1. The second-order valence-electron chi connectivity index (χ2n) is 4.27. The zero-order valence-corrected chi connectivity index (χ0v) is 10.5. The smallest absolute Gasteiger partial charge is 0.280 e. The molecule has 3 rings (SSSR count). The van der Waals surface area contributed by atoms with Gasteiger partial charge in [0.2, 0.25) is 0 Å². The maximum absolute atomic E-state index is 11.0. The molecule has 0 saturated heterocycles. The van der Waals surface area contributed by atoms with Gasteiger partial charge in [-0.05, 0) is 6.07 Å². The van der Waals surface area contributed by atoms with Gasteiger partial charge in [-0.1, -0.05) is 42.5 Å². The van der Waals surface area contributed by atoms with Crippen molar-refractivity contribution in [1.29, 1.82) is 0 Å². The minimum Gasteiger partial charge on any atom is -0.344 e. The molecule has 98 valence electrons. The van der Waals surface area contributed by atoms with Crippen LogP contribution in [0.2, 0.25) is 0 Å². The summed E-state index contributed by atoms with van der Waals surface area (Å²) in [6.07, 6.45) is 1.75. The predicted molar refractivity (Wildman–Crippen MR) is 76.1 cm³/mol. The molecule has 0 aliphatic rings. The fraction of sp³-hybridized carbons (Fsp3) is 0. The lowest BCUT2D eigenvalue weighted by Gasteiger charge is -1.98. The molecule has 0 fully saturated rings. The maximum Gasteiger partial charge on any atom is 0.280 e. The van der Waals surface area contributed by atoms with Crippen LogP contribution in [-0.2, 0) is 0 Å². The molecular weight excluding hydrogens is 254 g/mol. The summed E-state index contributed by atoms with van der Waals surface area (Å²) in [6, 6.07) is 16.2. The Morgan fingerprint density at radius 3 is 2.45 bits per heavy atom. The Morgan fingerprint density at radius 1 is 1.00 bits per heavy atom. The normalized spacial score (nSPS) is 10.4. The lowest BCUT2D eigenvalue weighted by Crippen LogP contribution is -1.92. The molecular formula is C15H11N3O2. The fourth-order valence-electron chi connectivity index (χ4n) is 2.05. The zero-order valence-electron chi connectivity index (χ0n) is 10.5. The number of hydrogen-bond donors (Lipinski definition) is 1. The number of aromatic amines is 1. The Labute approximate surface area is 115 Å². The number of imidazole rings is 1. The van der Waals surface area contributed by atoms with Gasteiger partial charge in [0.25, 0.3) is 5.69 Å². The van der Waals surface area contributed by atoms with Gasteiger partial charge in [0.15, 0.2) is 0 Å². The fourth-order valence-corrected chi connectivity index (χ4v) is 2.05. The number of hydrogen-bond acceptors (Lipinski definition) is 3. The molecule has 1 heterocycles. The topological polar surface area (TPSA) is 71.8 Å². The number of nitro groups is 1. The van der Waals surface area contributed by atoms with Gasteiger partial charge in [0.05, 0.1) is 16.2 Å². The molecule has 0 spiro atoms. The van der Waals surface area contributed by atoms with Crippen LogP contribution in [0.3, 0.4) is 0 Å². The van der Waals surface area contributed by atoms with Gasteiger partial charge >= 0.3 is 0 Å². The Hall–Kier alpha value is -2.95. The van der Waals surface area contributed by atoms with Gasteiger partial charge in [-0.3, -0.25) is 10.1 Å². The second-order valence-corrected chi connectivity index (χ2v) is 4.27. The first-order chi connectivity index (χ1) is 9.75. The molecule has 0 aliphatic carbocycles. The molecule has 20 heavy (non-hydrogen) atoms. The van der Waals surface area contributed by atoms with E-state index in [0.717, 1.165) is 11.3 Å². The first-order valence-corrected chi connectivity index (χ1v) is 6.10. The van der Waals surface area contributed by atoms with Crippen molar-refractivity contribution in [3.05, 3.63) is 70.9 Å². The lowest BCUT2D eigenvalue weighted by atomic mass is 10.1. The van der Waals surface area contributed by atoms with E-state index in [1.54, 1.807) is 24.4 Å². The van der Waals surface area contributed by atoms with Crippen LogP contribution in [0.5, 0.6) is 0 Å². The van der Waals surface area contributed by atoms with Gasteiger partial charge in [-0.2, -0.15) is 0 Å². The third-order valence-corrected chi connectivity index (χ3v) is 3.00. The van der Waals surface area contributed by atoms with Crippen LogP contribution < -0.4 is 0 Å². The molecule has 2 aromatic carbocycles. The van der Waals surface area contributed by atoms with Crippen molar-refractivity contribution in [2.75, 3.05) is 0 Å². The lowest BCUT2D eigenvalue weighted by molar-refractivity contribution is -0.384. The van der Waals surface area contributed by atoms with E-state index in [4.69, 9.17) is 0 Å². The van der Waals surface area contributed by atoms with Crippen LogP contribution in [0.25, 0.3) is 22.6 Å². The van der Waals surface area contributed by atoms with Crippen LogP contribution >= 0.6 is 0 Å². The summed E-state index contributed by atoms with van der Waals surface area (Å²) < 4.78 is 0. The number of aromatic nitrogens is 2. The second kappa shape index (κ2) is 4.97. The number of nitrogens with one attached hydrogen (secondary N) is 1. The molecule has 0 aliphatic heterocycles. The van der Waals surface area contributed by atoms with E-state index < -0.39 is 4.92 Å². The third-order valence-electron chi connectivity index (χ3n) is 3.00. The summed E-state index contributed by atoms with van der Waals surface area (Å²) in [5.74, 6) is 0.496. The van der Waals surface area contributed by atoms with Gasteiger partial charge in [0, 0.05) is 17.8 Å². The molecule has 0 saturated carbocycles. The van der Waals surface area contributed by atoms with Crippen LogP contribution in [0, 0.1) is 10.1 Å². The number of nitrogens with zero attached hydrogens (tertiary/aromatic N) is 2. The van der Waals surface area contributed by atoms with E-state index in [-0.39, 0.29) is 5.69 Å². The molecule has 5 heteroatoms. The van der Waals surface area contributed by atoms with E-state index in [1.807, 2.05) is 30.3 Å². The Balaban J connectivity index is 2.05. The van der Waals surface area contributed by atoms with Crippen molar-refractivity contribution < 1.29 is 4.92 Å². The van der Waals surface area contributed by atoms with Crippen LogP contribution in [0.1, 0.15) is 0 Å². The molecule has 0 amide bonds. The van der Waals surface area contributed by atoms with Crippen molar-refractivity contribution in [1.82, 2.24) is 9.97 Å². The Morgan fingerprint density at radius 2 is 1.70 bits per heavy atom. The molecule has 3 aromatic rings. The number of H-pyrrole nitrogens is 1. The van der Waals surface area contributed by atoms with E-state index in [9.17, 15) is 10.1 Å². The quantitative estimate of drug-likeness (QED) is 0.580. The summed E-state index contributed by atoms with van der Waals surface area (Å²) in [6.45, 7) is 0. The van der Waals surface area contributed by atoms with Crippen molar-refractivity contribution in [3.8, 4) is 22.6 Å². The molecule has 0 radical (unpaired) electrons. The minimum atomic E-state index is -0.403. The monoisotopic (exact) mass is 265 g/mol. The molecule has 0 atom stereocenters. The summed E-state index contributed by atoms with van der Waals surface area (Å²) in [5, 5.41) is 11.0. The number of benzene rings is 2. The van der Waals surface area contributed by atoms with Crippen molar-refractivity contribution in [2.24, 2.45) is 0 Å².